The molecule has 0 atom stereocenters. The topological polar surface area (TPSA) is 91.8 Å². The van der Waals surface area contributed by atoms with Crippen molar-refractivity contribution >= 4 is 46.1 Å². The number of esters is 1. The highest BCUT2D eigenvalue weighted by atomic mass is 32.1. The number of hydrogen-bond donors (Lipinski definition) is 2. The van der Waals surface area contributed by atoms with Crippen LogP contribution in [0, 0.1) is 6.92 Å². The summed E-state index contributed by atoms with van der Waals surface area (Å²) in [6.07, 6.45) is 4.02. The van der Waals surface area contributed by atoms with E-state index in [1.165, 1.54) is 18.4 Å². The third-order valence-corrected chi connectivity index (χ3v) is 7.15. The molecule has 9 nitrogen and oxygen atoms in total. The van der Waals surface area contributed by atoms with Crippen LogP contribution in [0.2, 0.25) is 0 Å². The van der Waals surface area contributed by atoms with Crippen molar-refractivity contribution in [2.24, 2.45) is 0 Å². The third-order valence-electron chi connectivity index (χ3n) is 6.25. The molecule has 0 unspecified atom stereocenters. The molecular formula is C25H32N6O3S. The number of nitrogens with one attached hydrogen (secondary N) is 2. The van der Waals surface area contributed by atoms with Gasteiger partial charge in [-0.1, -0.05) is 0 Å². The van der Waals surface area contributed by atoms with E-state index in [0.29, 0.717) is 28.4 Å². The Bertz CT molecular complexity index is 1170. The highest BCUT2D eigenvalue weighted by Gasteiger charge is 2.22. The Kier molecular flexibility index (Phi) is 7.72. The van der Waals surface area contributed by atoms with Crippen LogP contribution in [-0.4, -0.2) is 68.3 Å². The SMILES string of the molecule is COC(=O)c1sccc1Nc1nc(Nc2ccc(N3CCC(N(C)C)CC3)cc2OC)ncc1C. The minimum atomic E-state index is -0.386. The lowest BCUT2D eigenvalue weighted by Crippen LogP contribution is -2.41. The van der Waals surface area contributed by atoms with Crippen LogP contribution in [0.4, 0.5) is 28.8 Å². The maximum Gasteiger partial charge on any atom is 0.350 e. The summed E-state index contributed by atoms with van der Waals surface area (Å²) in [6.45, 7) is 3.95. The maximum absolute atomic E-state index is 12.0. The molecule has 4 rings (SSSR count). The molecule has 0 bridgehead atoms. The molecule has 10 heteroatoms. The van der Waals surface area contributed by atoms with Gasteiger partial charge in [-0.25, -0.2) is 9.78 Å². The van der Waals surface area contributed by atoms with Gasteiger partial charge < -0.3 is 29.9 Å². The molecule has 1 fully saturated rings. The molecule has 2 aromatic heterocycles. The molecule has 1 aliphatic heterocycles. The van der Waals surface area contributed by atoms with Gasteiger partial charge in [0.2, 0.25) is 5.95 Å². The van der Waals surface area contributed by atoms with Crippen LogP contribution in [0.5, 0.6) is 5.75 Å². The summed E-state index contributed by atoms with van der Waals surface area (Å²) < 4.78 is 10.6. The van der Waals surface area contributed by atoms with Crippen LogP contribution in [0.15, 0.2) is 35.8 Å². The zero-order chi connectivity index (χ0) is 24.9. The Balaban J connectivity index is 1.50. The summed E-state index contributed by atoms with van der Waals surface area (Å²) in [5.74, 6) is 1.36. The van der Waals surface area contributed by atoms with E-state index in [9.17, 15) is 4.79 Å². The van der Waals surface area contributed by atoms with Gasteiger partial charge in [0.05, 0.1) is 25.6 Å². The van der Waals surface area contributed by atoms with Gasteiger partial charge in [0.25, 0.3) is 0 Å². The van der Waals surface area contributed by atoms with Gasteiger partial charge in [-0.15, -0.1) is 11.3 Å². The predicted octanol–water partition coefficient (Wildman–Crippen LogP) is 4.66. The minimum absolute atomic E-state index is 0.386. The largest absolute Gasteiger partial charge is 0.494 e. The number of rotatable bonds is 8. The molecule has 1 aromatic carbocycles. The lowest BCUT2D eigenvalue weighted by molar-refractivity contribution is 0.0607. The fourth-order valence-electron chi connectivity index (χ4n) is 4.16. The summed E-state index contributed by atoms with van der Waals surface area (Å²) in [6, 6.07) is 8.61. The van der Waals surface area contributed by atoms with Gasteiger partial charge >= 0.3 is 5.97 Å². The Morgan fingerprint density at radius 2 is 1.91 bits per heavy atom. The first-order chi connectivity index (χ1) is 16.9. The second-order valence-corrected chi connectivity index (χ2v) is 9.61. The van der Waals surface area contributed by atoms with E-state index in [-0.39, 0.29) is 5.97 Å². The monoisotopic (exact) mass is 496 g/mol. The fraction of sp³-hybridized carbons (Fsp3) is 0.400. The van der Waals surface area contributed by atoms with E-state index in [1.807, 2.05) is 24.4 Å². The number of thiophene rings is 1. The molecule has 3 aromatic rings. The first-order valence-corrected chi connectivity index (χ1v) is 12.4. The van der Waals surface area contributed by atoms with Crippen molar-refractivity contribution in [3.63, 3.8) is 0 Å². The Labute approximate surface area is 210 Å². The number of aryl methyl sites for hydroxylation is 1. The normalized spacial score (nSPS) is 14.2. The number of carbonyl (C=O) groups excluding carboxylic acids is 1. The number of ether oxygens (including phenoxy) is 2. The highest BCUT2D eigenvalue weighted by Crippen LogP contribution is 2.33. The minimum Gasteiger partial charge on any atom is -0.494 e. The molecular weight excluding hydrogens is 464 g/mol. The van der Waals surface area contributed by atoms with Gasteiger partial charge in [-0.05, 0) is 57.4 Å². The smallest absolute Gasteiger partial charge is 0.350 e. The number of hydrogen-bond acceptors (Lipinski definition) is 10. The quantitative estimate of drug-likeness (QED) is 0.432. The maximum atomic E-state index is 12.0. The van der Waals surface area contributed by atoms with E-state index >= 15 is 0 Å². The average molecular weight is 497 g/mol. The number of anilines is 5. The van der Waals surface area contributed by atoms with Gasteiger partial charge in [-0.3, -0.25) is 0 Å². The predicted molar refractivity (Wildman–Crippen MR) is 141 cm³/mol. The number of piperidine rings is 1. The van der Waals surface area contributed by atoms with Crippen molar-refractivity contribution in [2.45, 2.75) is 25.8 Å². The molecule has 0 amide bonds. The van der Waals surface area contributed by atoms with Crippen LogP contribution in [-0.2, 0) is 4.74 Å². The van der Waals surface area contributed by atoms with Gasteiger partial charge in [0, 0.05) is 42.6 Å². The van der Waals surface area contributed by atoms with E-state index in [1.54, 1.807) is 13.3 Å². The van der Waals surface area contributed by atoms with Crippen LogP contribution >= 0.6 is 11.3 Å². The Hall–Kier alpha value is -3.37. The highest BCUT2D eigenvalue weighted by molar-refractivity contribution is 7.12. The molecule has 3 heterocycles. The van der Waals surface area contributed by atoms with Crippen molar-refractivity contribution in [1.82, 2.24) is 14.9 Å². The van der Waals surface area contributed by atoms with Gasteiger partial charge in [0.1, 0.15) is 16.4 Å². The lowest BCUT2D eigenvalue weighted by atomic mass is 10.0. The van der Waals surface area contributed by atoms with Crippen LogP contribution in [0.25, 0.3) is 0 Å². The zero-order valence-corrected chi connectivity index (χ0v) is 21.6. The molecule has 0 radical (unpaired) electrons. The third kappa shape index (κ3) is 5.66. The molecule has 1 aliphatic rings. The van der Waals surface area contributed by atoms with Crippen LogP contribution < -0.4 is 20.3 Å². The lowest BCUT2D eigenvalue weighted by Gasteiger charge is -2.36. The summed E-state index contributed by atoms with van der Waals surface area (Å²) in [7, 11) is 7.33. The van der Waals surface area contributed by atoms with Crippen LogP contribution in [0.1, 0.15) is 28.1 Å². The number of aromatic nitrogens is 2. The van der Waals surface area contributed by atoms with Gasteiger partial charge in [-0.2, -0.15) is 4.98 Å². The standard InChI is InChI=1S/C25H32N6O3S/c1-16-15-26-25(29-23(16)27-20-10-13-35-22(20)24(32)34-5)28-19-7-6-18(14-21(19)33-4)31-11-8-17(9-12-31)30(2)3/h6-7,10,13-15,17H,8-9,11-12H2,1-5H3,(H2,26,27,28,29). The second-order valence-electron chi connectivity index (χ2n) is 8.70. The molecule has 1 saturated heterocycles. The number of carbonyl (C=O) groups is 1. The fourth-order valence-corrected chi connectivity index (χ4v) is 4.92. The molecule has 186 valence electrons. The van der Waals surface area contributed by atoms with Crippen molar-refractivity contribution in [2.75, 3.05) is 56.9 Å². The summed E-state index contributed by atoms with van der Waals surface area (Å²) in [5, 5.41) is 8.33. The van der Waals surface area contributed by atoms with E-state index in [0.717, 1.165) is 48.6 Å². The van der Waals surface area contributed by atoms with Crippen molar-refractivity contribution in [3.8, 4) is 5.75 Å². The van der Waals surface area contributed by atoms with Gasteiger partial charge in [0.15, 0.2) is 0 Å². The first-order valence-electron chi connectivity index (χ1n) is 11.5. The number of benzene rings is 1. The summed E-state index contributed by atoms with van der Waals surface area (Å²) in [4.78, 5) is 26.3. The number of nitrogens with zero attached hydrogens (tertiary/aromatic N) is 4. The first kappa shape index (κ1) is 24.7. The van der Waals surface area contributed by atoms with Crippen molar-refractivity contribution < 1.29 is 14.3 Å². The van der Waals surface area contributed by atoms with Crippen molar-refractivity contribution in [3.05, 3.63) is 46.3 Å². The van der Waals surface area contributed by atoms with E-state index < -0.39 is 0 Å². The molecule has 2 N–H and O–H groups in total. The average Bonchev–Trinajstić information content (AvgIpc) is 3.34. The van der Waals surface area contributed by atoms with E-state index in [2.05, 4.69) is 56.6 Å². The summed E-state index contributed by atoms with van der Waals surface area (Å²) in [5.41, 5.74) is 3.42. The zero-order valence-electron chi connectivity index (χ0n) is 20.8. The number of methoxy groups -OCH3 is 2. The molecule has 0 saturated carbocycles. The van der Waals surface area contributed by atoms with Crippen molar-refractivity contribution in [1.29, 1.82) is 0 Å². The Morgan fingerprint density at radius 1 is 1.14 bits per heavy atom. The summed E-state index contributed by atoms with van der Waals surface area (Å²) >= 11 is 1.31. The van der Waals surface area contributed by atoms with E-state index in [4.69, 9.17) is 9.47 Å². The second kappa shape index (κ2) is 10.9. The molecule has 35 heavy (non-hydrogen) atoms. The Morgan fingerprint density at radius 3 is 2.60 bits per heavy atom. The molecule has 0 aliphatic carbocycles. The van der Waals surface area contributed by atoms with Crippen LogP contribution in [0.3, 0.4) is 0 Å². The molecule has 0 spiro atoms.